The third-order valence-corrected chi connectivity index (χ3v) is 5.22. The molecule has 0 heterocycles. The third kappa shape index (κ3) is 9.86. The van der Waals surface area contributed by atoms with E-state index in [1.807, 2.05) is 0 Å². The molecule has 0 unspecified atom stereocenters. The highest BCUT2D eigenvalue weighted by Crippen LogP contribution is 2.40. The molecule has 0 aliphatic heterocycles. The molecule has 5 nitrogen and oxygen atoms in total. The van der Waals surface area contributed by atoms with Gasteiger partial charge in [-0.25, -0.2) is 4.79 Å². The summed E-state index contributed by atoms with van der Waals surface area (Å²) in [5.74, 6) is -3.04. The van der Waals surface area contributed by atoms with E-state index in [9.17, 15) is 25.2 Å². The zero-order valence-electron chi connectivity index (χ0n) is 18.3. The molecule has 0 atom stereocenters. The molecule has 0 fully saturated rings. The first kappa shape index (κ1) is 25.6. The van der Waals surface area contributed by atoms with Crippen LogP contribution in [0.1, 0.15) is 99.9 Å². The minimum absolute atomic E-state index is 0.162. The van der Waals surface area contributed by atoms with Crippen LogP contribution in [0.3, 0.4) is 0 Å². The van der Waals surface area contributed by atoms with Crippen LogP contribution in [0.5, 0.6) is 17.2 Å². The first-order valence-corrected chi connectivity index (χ1v) is 11.3. The van der Waals surface area contributed by atoms with Crippen molar-refractivity contribution in [3.8, 4) is 17.2 Å². The highest BCUT2D eigenvalue weighted by molar-refractivity contribution is 5.91. The Balaban J connectivity index is 2.14. The number of aromatic carboxylic acids is 1. The number of rotatable bonds is 16. The van der Waals surface area contributed by atoms with E-state index >= 15 is 0 Å². The van der Waals surface area contributed by atoms with Gasteiger partial charge in [0.15, 0.2) is 11.5 Å². The molecule has 1 aromatic rings. The van der Waals surface area contributed by atoms with Gasteiger partial charge < -0.3 is 20.4 Å². The van der Waals surface area contributed by atoms with Gasteiger partial charge in [-0.1, -0.05) is 69.8 Å². The molecule has 168 valence electrons. The molecule has 0 bridgehead atoms. The molecular formula is C25H38O5. The lowest BCUT2D eigenvalue weighted by Gasteiger charge is -2.11. The number of carboxylic acid groups (broad SMARTS) is 1. The summed E-state index contributed by atoms with van der Waals surface area (Å²) >= 11 is 0. The third-order valence-electron chi connectivity index (χ3n) is 5.22. The molecule has 0 spiro atoms. The fraction of sp³-hybridized carbons (Fsp3) is 0.560. The second kappa shape index (κ2) is 15.4. The summed E-state index contributed by atoms with van der Waals surface area (Å²) in [7, 11) is 0. The van der Waals surface area contributed by atoms with Gasteiger partial charge in [0.05, 0.1) is 5.56 Å². The second-order valence-electron chi connectivity index (χ2n) is 7.76. The normalized spacial score (nSPS) is 11.6. The number of carboxylic acids is 1. The summed E-state index contributed by atoms with van der Waals surface area (Å²) in [5.41, 5.74) is 0.0211. The molecule has 1 aromatic carbocycles. The quantitative estimate of drug-likeness (QED) is 0.134. The van der Waals surface area contributed by atoms with E-state index in [4.69, 9.17) is 0 Å². The summed E-state index contributed by atoms with van der Waals surface area (Å²) in [5, 5.41) is 38.3. The molecule has 4 N–H and O–H groups in total. The minimum Gasteiger partial charge on any atom is -0.504 e. The van der Waals surface area contributed by atoms with E-state index in [0.717, 1.165) is 44.6 Å². The van der Waals surface area contributed by atoms with Gasteiger partial charge in [-0.2, -0.15) is 0 Å². The van der Waals surface area contributed by atoms with Gasteiger partial charge in [0.25, 0.3) is 0 Å². The molecule has 0 aliphatic rings. The summed E-state index contributed by atoms with van der Waals surface area (Å²) < 4.78 is 0. The summed E-state index contributed by atoms with van der Waals surface area (Å²) in [6.07, 6.45) is 22.7. The van der Waals surface area contributed by atoms with E-state index in [2.05, 4.69) is 31.2 Å². The van der Waals surface area contributed by atoms with Gasteiger partial charge >= 0.3 is 5.97 Å². The average molecular weight is 419 g/mol. The van der Waals surface area contributed by atoms with Crippen molar-refractivity contribution >= 4 is 5.97 Å². The summed E-state index contributed by atoms with van der Waals surface area (Å²) in [4.78, 5) is 11.3. The van der Waals surface area contributed by atoms with E-state index < -0.39 is 23.2 Å². The standard InChI is InChI=1S/C25H38O5/c1-2-3-4-5-6-7-8-9-10-11-12-13-14-15-16-17-18-20-21(25(29)30)19-22(26)24(28)23(20)27/h6-7,9-10,19,26-28H,2-5,8,11-18H2,1H3,(H,29,30)/b7-6-,10-9-. The molecule has 0 saturated carbocycles. The number of hydrogen-bond acceptors (Lipinski definition) is 4. The molecule has 30 heavy (non-hydrogen) atoms. The number of hydrogen-bond donors (Lipinski definition) is 4. The number of allylic oxidation sites excluding steroid dienone is 4. The van der Waals surface area contributed by atoms with E-state index in [1.165, 1.54) is 38.5 Å². The zero-order valence-corrected chi connectivity index (χ0v) is 18.3. The van der Waals surface area contributed by atoms with Crippen LogP contribution in [0.25, 0.3) is 0 Å². The van der Waals surface area contributed by atoms with Gasteiger partial charge in [0.1, 0.15) is 0 Å². The molecule has 1 rings (SSSR count). The Bertz CT molecular complexity index is 691. The largest absolute Gasteiger partial charge is 0.504 e. The van der Waals surface area contributed by atoms with Crippen LogP contribution in [0.15, 0.2) is 30.4 Å². The lowest BCUT2D eigenvalue weighted by atomic mass is 9.98. The Morgan fingerprint density at radius 2 is 1.37 bits per heavy atom. The van der Waals surface area contributed by atoms with Crippen molar-refractivity contribution in [2.45, 2.75) is 90.4 Å². The predicted molar refractivity (Wildman–Crippen MR) is 121 cm³/mol. The van der Waals surface area contributed by atoms with Crippen molar-refractivity contribution in [1.29, 1.82) is 0 Å². The average Bonchev–Trinajstić information content (AvgIpc) is 2.72. The maximum Gasteiger partial charge on any atom is 0.336 e. The Kier molecular flexibility index (Phi) is 13.2. The van der Waals surface area contributed by atoms with Crippen molar-refractivity contribution in [3.05, 3.63) is 41.5 Å². The Hall–Kier alpha value is -2.43. The molecule has 0 amide bonds. The first-order valence-electron chi connectivity index (χ1n) is 11.3. The number of benzene rings is 1. The molecular weight excluding hydrogens is 380 g/mol. The van der Waals surface area contributed by atoms with Crippen LogP contribution in [0.2, 0.25) is 0 Å². The van der Waals surface area contributed by atoms with Crippen molar-refractivity contribution in [1.82, 2.24) is 0 Å². The molecule has 0 aliphatic carbocycles. The SMILES string of the molecule is CCCCC/C=C\C/C=C\CCCCCCCCc1c(C(=O)O)cc(O)c(O)c1O. The summed E-state index contributed by atoms with van der Waals surface area (Å²) in [6, 6.07) is 0.989. The van der Waals surface area contributed by atoms with Crippen LogP contribution < -0.4 is 0 Å². The Morgan fingerprint density at radius 3 is 1.97 bits per heavy atom. The maximum atomic E-state index is 11.3. The van der Waals surface area contributed by atoms with E-state index in [1.54, 1.807) is 0 Å². The lowest BCUT2D eigenvalue weighted by Crippen LogP contribution is -2.03. The first-order chi connectivity index (χ1) is 14.5. The van der Waals surface area contributed by atoms with Gasteiger partial charge in [-0.05, 0) is 51.0 Å². The van der Waals surface area contributed by atoms with Crippen molar-refractivity contribution in [3.63, 3.8) is 0 Å². The number of carbonyl (C=O) groups is 1. The smallest absolute Gasteiger partial charge is 0.336 e. The van der Waals surface area contributed by atoms with Crippen LogP contribution in [-0.4, -0.2) is 26.4 Å². The Labute approximate surface area is 180 Å². The Morgan fingerprint density at radius 1 is 0.800 bits per heavy atom. The van der Waals surface area contributed by atoms with Gasteiger partial charge in [-0.15, -0.1) is 0 Å². The highest BCUT2D eigenvalue weighted by atomic mass is 16.4. The van der Waals surface area contributed by atoms with Crippen molar-refractivity contribution < 1.29 is 25.2 Å². The van der Waals surface area contributed by atoms with Crippen molar-refractivity contribution in [2.75, 3.05) is 0 Å². The summed E-state index contributed by atoms with van der Waals surface area (Å²) in [6.45, 7) is 2.22. The lowest BCUT2D eigenvalue weighted by molar-refractivity contribution is 0.0694. The van der Waals surface area contributed by atoms with Crippen LogP contribution in [0.4, 0.5) is 0 Å². The van der Waals surface area contributed by atoms with Crippen LogP contribution in [0, 0.1) is 0 Å². The predicted octanol–water partition coefficient (Wildman–Crippen LogP) is 6.86. The van der Waals surface area contributed by atoms with E-state index in [0.29, 0.717) is 6.42 Å². The fourth-order valence-electron chi connectivity index (χ4n) is 3.42. The fourth-order valence-corrected chi connectivity index (χ4v) is 3.42. The molecule has 0 saturated heterocycles. The molecule has 0 radical (unpaired) electrons. The second-order valence-corrected chi connectivity index (χ2v) is 7.76. The van der Waals surface area contributed by atoms with Gasteiger partial charge in [0, 0.05) is 5.56 Å². The number of phenols is 3. The van der Waals surface area contributed by atoms with E-state index in [-0.39, 0.29) is 11.1 Å². The number of phenolic OH excluding ortho intramolecular Hbond substituents is 3. The highest BCUT2D eigenvalue weighted by Gasteiger charge is 2.20. The molecule has 0 aromatic heterocycles. The minimum atomic E-state index is -1.23. The zero-order chi connectivity index (χ0) is 22.2. The number of unbranched alkanes of at least 4 members (excludes halogenated alkanes) is 9. The number of aromatic hydroxyl groups is 3. The monoisotopic (exact) mass is 418 g/mol. The maximum absolute atomic E-state index is 11.3. The van der Waals surface area contributed by atoms with Crippen LogP contribution in [-0.2, 0) is 6.42 Å². The molecule has 5 heteroatoms. The van der Waals surface area contributed by atoms with Crippen molar-refractivity contribution in [2.24, 2.45) is 0 Å². The topological polar surface area (TPSA) is 98.0 Å². The van der Waals surface area contributed by atoms with Gasteiger partial charge in [0.2, 0.25) is 5.75 Å². The van der Waals surface area contributed by atoms with Crippen LogP contribution >= 0.6 is 0 Å². The van der Waals surface area contributed by atoms with Gasteiger partial charge in [-0.3, -0.25) is 0 Å².